The van der Waals surface area contributed by atoms with Gasteiger partial charge in [-0.2, -0.15) is 4.31 Å². The number of sulfonamides is 1. The molecule has 1 saturated heterocycles. The van der Waals surface area contributed by atoms with Gasteiger partial charge in [-0.1, -0.05) is 36.8 Å². The molecule has 3 rings (SSSR count). The first-order valence-electron chi connectivity index (χ1n) is 8.98. The van der Waals surface area contributed by atoms with E-state index < -0.39 is 15.6 Å². The van der Waals surface area contributed by atoms with Crippen LogP contribution in [-0.2, 0) is 27.9 Å². The minimum atomic E-state index is -3.65. The fourth-order valence-electron chi connectivity index (χ4n) is 3.05. The van der Waals surface area contributed by atoms with Crippen molar-refractivity contribution in [3.05, 3.63) is 64.6 Å². The van der Waals surface area contributed by atoms with Crippen molar-refractivity contribution in [1.82, 2.24) is 14.2 Å². The molecule has 27 heavy (non-hydrogen) atoms. The van der Waals surface area contributed by atoms with E-state index in [1.165, 1.54) is 22.6 Å². The molecule has 7 nitrogen and oxygen atoms in total. The molecule has 1 aromatic carbocycles. The molecule has 0 saturated carbocycles. The molecule has 1 amide bonds. The van der Waals surface area contributed by atoms with Crippen molar-refractivity contribution >= 4 is 15.9 Å². The second-order valence-corrected chi connectivity index (χ2v) is 8.50. The van der Waals surface area contributed by atoms with Crippen LogP contribution < -0.4 is 10.9 Å². The molecule has 2 heterocycles. The summed E-state index contributed by atoms with van der Waals surface area (Å²) in [6, 6.07) is 11.9. The zero-order chi connectivity index (χ0) is 19.3. The number of hydrogen-bond donors (Lipinski definition) is 1. The lowest BCUT2D eigenvalue weighted by atomic mass is 10.2. The second-order valence-electron chi connectivity index (χ2n) is 6.56. The number of pyridine rings is 1. The molecular formula is C19H23N3O4S. The standard InChI is InChI=1S/C19H23N3O4S/c23-18(20-13-16-7-3-1-4-8-16)15-21-14-17(9-10-19(21)24)27(25,26)22-11-5-2-6-12-22/h1,3-4,7-10,14H,2,5-6,11-13,15H2,(H,20,23). The van der Waals surface area contributed by atoms with Crippen molar-refractivity contribution in [2.24, 2.45) is 0 Å². The molecular weight excluding hydrogens is 366 g/mol. The predicted octanol–water partition coefficient (Wildman–Crippen LogP) is 1.34. The number of piperidine rings is 1. The Kier molecular flexibility index (Phi) is 6.08. The van der Waals surface area contributed by atoms with Gasteiger partial charge >= 0.3 is 0 Å². The number of rotatable bonds is 6. The zero-order valence-electron chi connectivity index (χ0n) is 15.0. The van der Waals surface area contributed by atoms with Gasteiger partial charge < -0.3 is 9.88 Å². The molecule has 1 N–H and O–H groups in total. The maximum Gasteiger partial charge on any atom is 0.251 e. The summed E-state index contributed by atoms with van der Waals surface area (Å²) in [4.78, 5) is 24.3. The minimum absolute atomic E-state index is 0.0415. The summed E-state index contributed by atoms with van der Waals surface area (Å²) in [5, 5.41) is 2.74. The summed E-state index contributed by atoms with van der Waals surface area (Å²) in [7, 11) is -3.65. The van der Waals surface area contributed by atoms with Gasteiger partial charge in [-0.3, -0.25) is 9.59 Å². The van der Waals surface area contributed by atoms with Crippen molar-refractivity contribution in [3.8, 4) is 0 Å². The Morgan fingerprint density at radius 3 is 2.41 bits per heavy atom. The lowest BCUT2D eigenvalue weighted by Gasteiger charge is -2.26. The average Bonchev–Trinajstić information content (AvgIpc) is 2.69. The Morgan fingerprint density at radius 1 is 1.00 bits per heavy atom. The maximum atomic E-state index is 12.8. The number of hydrogen-bond acceptors (Lipinski definition) is 4. The van der Waals surface area contributed by atoms with Crippen LogP contribution in [0.1, 0.15) is 24.8 Å². The molecule has 1 fully saturated rings. The van der Waals surface area contributed by atoms with E-state index in [9.17, 15) is 18.0 Å². The highest BCUT2D eigenvalue weighted by Gasteiger charge is 2.26. The van der Waals surface area contributed by atoms with E-state index in [0.717, 1.165) is 29.4 Å². The lowest BCUT2D eigenvalue weighted by molar-refractivity contribution is -0.121. The first-order valence-corrected chi connectivity index (χ1v) is 10.4. The third-order valence-corrected chi connectivity index (χ3v) is 6.44. The first-order chi connectivity index (χ1) is 13.0. The highest BCUT2D eigenvalue weighted by atomic mass is 32.2. The number of nitrogens with zero attached hydrogens (tertiary/aromatic N) is 2. The summed E-state index contributed by atoms with van der Waals surface area (Å²) in [5.41, 5.74) is 0.530. The topological polar surface area (TPSA) is 88.5 Å². The number of aromatic nitrogens is 1. The zero-order valence-corrected chi connectivity index (χ0v) is 15.8. The van der Waals surface area contributed by atoms with Crippen molar-refractivity contribution < 1.29 is 13.2 Å². The fraction of sp³-hybridized carbons (Fsp3) is 0.368. The molecule has 0 atom stereocenters. The predicted molar refractivity (Wildman–Crippen MR) is 102 cm³/mol. The number of amides is 1. The van der Waals surface area contributed by atoms with Crippen molar-refractivity contribution in [2.45, 2.75) is 37.2 Å². The van der Waals surface area contributed by atoms with E-state index in [4.69, 9.17) is 0 Å². The van der Waals surface area contributed by atoms with Gasteiger partial charge in [-0.15, -0.1) is 0 Å². The number of nitrogens with one attached hydrogen (secondary N) is 1. The third kappa shape index (κ3) is 4.84. The van der Waals surface area contributed by atoms with Crippen molar-refractivity contribution in [2.75, 3.05) is 13.1 Å². The average molecular weight is 389 g/mol. The van der Waals surface area contributed by atoms with E-state index in [1.54, 1.807) is 0 Å². The molecule has 0 unspecified atom stereocenters. The Morgan fingerprint density at radius 2 is 1.70 bits per heavy atom. The maximum absolute atomic E-state index is 12.8. The Bertz CT molecular complexity index is 948. The first kappa shape index (κ1) is 19.3. The summed E-state index contributed by atoms with van der Waals surface area (Å²) >= 11 is 0. The molecule has 0 spiro atoms. The third-order valence-electron chi connectivity index (χ3n) is 4.56. The van der Waals surface area contributed by atoms with Crippen molar-refractivity contribution in [3.63, 3.8) is 0 Å². The SMILES string of the molecule is O=C(Cn1cc(S(=O)(=O)N2CCCCC2)ccc1=O)NCc1ccccc1. The van der Waals surface area contributed by atoms with E-state index in [2.05, 4.69) is 5.32 Å². The van der Waals surface area contributed by atoms with Gasteiger partial charge in [0.15, 0.2) is 0 Å². The van der Waals surface area contributed by atoms with E-state index >= 15 is 0 Å². The van der Waals surface area contributed by atoms with Crippen LogP contribution in [0.2, 0.25) is 0 Å². The van der Waals surface area contributed by atoms with E-state index in [1.807, 2.05) is 30.3 Å². The van der Waals surface area contributed by atoms with Gasteiger partial charge in [0.25, 0.3) is 5.56 Å². The van der Waals surface area contributed by atoms with Gasteiger partial charge in [0, 0.05) is 31.9 Å². The van der Waals surface area contributed by atoms with E-state index in [-0.39, 0.29) is 17.3 Å². The number of benzene rings is 1. The summed E-state index contributed by atoms with van der Waals surface area (Å²) in [6.45, 7) is 1.09. The van der Waals surface area contributed by atoms with Crippen molar-refractivity contribution in [1.29, 1.82) is 0 Å². The van der Waals surface area contributed by atoms with Crippen LogP contribution in [0.15, 0.2) is 58.4 Å². The Balaban J connectivity index is 1.71. The minimum Gasteiger partial charge on any atom is -0.350 e. The molecule has 8 heteroatoms. The largest absolute Gasteiger partial charge is 0.350 e. The summed E-state index contributed by atoms with van der Waals surface area (Å²) < 4.78 is 28.1. The van der Waals surface area contributed by atoms with Gasteiger partial charge in [0.2, 0.25) is 15.9 Å². The normalized spacial score (nSPS) is 15.4. The Labute approximate surface area is 158 Å². The van der Waals surface area contributed by atoms with Crippen LogP contribution in [-0.4, -0.2) is 36.3 Å². The molecule has 2 aromatic rings. The highest BCUT2D eigenvalue weighted by Crippen LogP contribution is 2.19. The van der Waals surface area contributed by atoms with Crippen LogP contribution in [0.4, 0.5) is 0 Å². The second kappa shape index (κ2) is 8.49. The van der Waals surface area contributed by atoms with Crippen LogP contribution in [0.3, 0.4) is 0 Å². The van der Waals surface area contributed by atoms with E-state index in [0.29, 0.717) is 19.6 Å². The summed E-state index contributed by atoms with van der Waals surface area (Å²) in [6.07, 6.45) is 3.95. The number of carbonyl (C=O) groups excluding carboxylic acids is 1. The molecule has 1 aromatic heterocycles. The monoisotopic (exact) mass is 389 g/mol. The molecule has 1 aliphatic rings. The molecule has 144 valence electrons. The quantitative estimate of drug-likeness (QED) is 0.808. The summed E-state index contributed by atoms with van der Waals surface area (Å²) in [5.74, 6) is -0.353. The van der Waals surface area contributed by atoms with Crippen LogP contribution in [0.25, 0.3) is 0 Å². The smallest absolute Gasteiger partial charge is 0.251 e. The van der Waals surface area contributed by atoms with Gasteiger partial charge in [0.1, 0.15) is 6.54 Å². The fourth-order valence-corrected chi connectivity index (χ4v) is 4.58. The Hall–Kier alpha value is -2.45. The molecule has 0 bridgehead atoms. The molecule has 0 aliphatic carbocycles. The highest BCUT2D eigenvalue weighted by molar-refractivity contribution is 7.89. The van der Waals surface area contributed by atoms with Crippen LogP contribution in [0, 0.1) is 0 Å². The van der Waals surface area contributed by atoms with Gasteiger partial charge in [-0.25, -0.2) is 8.42 Å². The van der Waals surface area contributed by atoms with Gasteiger partial charge in [0.05, 0.1) is 4.90 Å². The van der Waals surface area contributed by atoms with Crippen LogP contribution in [0.5, 0.6) is 0 Å². The lowest BCUT2D eigenvalue weighted by Crippen LogP contribution is -2.37. The van der Waals surface area contributed by atoms with Gasteiger partial charge in [-0.05, 0) is 24.5 Å². The molecule has 0 radical (unpaired) electrons. The molecule has 1 aliphatic heterocycles. The number of carbonyl (C=O) groups is 1. The van der Waals surface area contributed by atoms with Crippen LogP contribution >= 0.6 is 0 Å².